The van der Waals surface area contributed by atoms with Crippen LogP contribution in [0.4, 0.5) is 5.69 Å². The van der Waals surface area contributed by atoms with Gasteiger partial charge in [0.25, 0.3) is 0 Å². The summed E-state index contributed by atoms with van der Waals surface area (Å²) in [6.45, 7) is 5.04. The molecule has 3 aliphatic heterocycles. The third-order valence-corrected chi connectivity index (χ3v) is 7.72. The summed E-state index contributed by atoms with van der Waals surface area (Å²) in [6, 6.07) is 9.07. The van der Waals surface area contributed by atoms with Crippen molar-refractivity contribution in [3.8, 4) is 17.4 Å². The second-order valence-electron chi connectivity index (χ2n) is 10.6. The molecule has 1 aromatic carbocycles. The van der Waals surface area contributed by atoms with Crippen LogP contribution in [0.2, 0.25) is 0 Å². The number of aromatic nitrogens is 1. The number of nitrogens with one attached hydrogen (secondary N) is 1. The summed E-state index contributed by atoms with van der Waals surface area (Å²) < 4.78 is 17.2. The first-order valence-electron chi connectivity index (χ1n) is 13.6. The van der Waals surface area contributed by atoms with E-state index in [1.54, 1.807) is 6.20 Å². The van der Waals surface area contributed by atoms with Gasteiger partial charge in [-0.1, -0.05) is 6.07 Å². The predicted molar refractivity (Wildman–Crippen MR) is 138 cm³/mol. The number of carbonyl (C=O) groups excluding carboxylic acids is 1. The minimum atomic E-state index is -0.847. The lowest BCUT2D eigenvalue weighted by molar-refractivity contribution is -0.126. The summed E-state index contributed by atoms with van der Waals surface area (Å²) in [5, 5.41) is 14.6. The summed E-state index contributed by atoms with van der Waals surface area (Å²) >= 11 is 0. The van der Waals surface area contributed by atoms with Crippen LogP contribution < -0.4 is 24.4 Å². The van der Waals surface area contributed by atoms with E-state index >= 15 is 0 Å². The molecule has 6 rings (SSSR count). The van der Waals surface area contributed by atoms with Gasteiger partial charge in [-0.2, -0.15) is 0 Å². The molecule has 1 saturated carbocycles. The molecule has 198 valence electrons. The number of ether oxygens (including phenoxy) is 3. The lowest BCUT2D eigenvalue weighted by Crippen LogP contribution is -2.48. The second-order valence-corrected chi connectivity index (χ2v) is 10.6. The summed E-state index contributed by atoms with van der Waals surface area (Å²) in [5.74, 6) is 1.83. The number of aliphatic hydroxyl groups is 1. The Morgan fingerprint density at radius 2 is 1.89 bits per heavy atom. The Labute approximate surface area is 217 Å². The Hall–Kier alpha value is -3.04. The molecule has 9 nitrogen and oxygen atoms in total. The highest BCUT2D eigenvalue weighted by molar-refractivity contribution is 5.80. The third-order valence-electron chi connectivity index (χ3n) is 7.72. The van der Waals surface area contributed by atoms with Gasteiger partial charge in [0.15, 0.2) is 11.5 Å². The average molecular weight is 509 g/mol. The standard InChI is InChI=1S/C28H36N4O5/c33-27(19-3-6-24-25(15-19)36-14-13-35-24)23(18-31-10-1-2-11-31)30-28(34)20-8-12-32(17-20)21-7-9-29-26(16-21)37-22-4-5-22/h3,6-7,9,15-16,20,22-23,27,33H,1-2,4-5,8,10-14,17-18H2,(H,30,34)/t20?,23-,27-/m1/s1. The van der Waals surface area contributed by atoms with Crippen LogP contribution in [0.15, 0.2) is 36.5 Å². The molecule has 2 saturated heterocycles. The largest absolute Gasteiger partial charge is 0.486 e. The van der Waals surface area contributed by atoms with Crippen LogP contribution in [0.1, 0.15) is 43.8 Å². The van der Waals surface area contributed by atoms with Gasteiger partial charge in [-0.3, -0.25) is 4.79 Å². The molecule has 0 radical (unpaired) electrons. The Balaban J connectivity index is 1.12. The number of aliphatic hydroxyl groups excluding tert-OH is 1. The Bertz CT molecular complexity index is 1100. The third kappa shape index (κ3) is 5.78. The maximum atomic E-state index is 13.4. The molecule has 3 fully saturated rings. The summed E-state index contributed by atoms with van der Waals surface area (Å²) in [7, 11) is 0. The highest BCUT2D eigenvalue weighted by Crippen LogP contribution is 2.34. The van der Waals surface area contributed by atoms with E-state index in [1.807, 2.05) is 30.3 Å². The molecule has 1 aromatic heterocycles. The van der Waals surface area contributed by atoms with E-state index in [-0.39, 0.29) is 11.8 Å². The normalized spacial score (nSPS) is 23.1. The van der Waals surface area contributed by atoms with Crippen molar-refractivity contribution >= 4 is 11.6 Å². The van der Waals surface area contributed by atoms with Gasteiger partial charge >= 0.3 is 0 Å². The predicted octanol–water partition coefficient (Wildman–Crippen LogP) is 2.53. The first kappa shape index (κ1) is 24.3. The van der Waals surface area contributed by atoms with Crippen molar-refractivity contribution in [3.05, 3.63) is 42.1 Å². The highest BCUT2D eigenvalue weighted by atomic mass is 16.6. The van der Waals surface area contributed by atoms with Crippen LogP contribution in [0, 0.1) is 5.92 Å². The number of carbonyl (C=O) groups is 1. The molecule has 1 aliphatic carbocycles. The number of benzene rings is 1. The molecule has 4 aliphatic rings. The fraction of sp³-hybridized carbons (Fsp3) is 0.571. The zero-order valence-corrected chi connectivity index (χ0v) is 21.2. The van der Waals surface area contributed by atoms with E-state index in [1.165, 1.54) is 0 Å². The minimum absolute atomic E-state index is 0.00759. The fourth-order valence-electron chi connectivity index (χ4n) is 5.47. The Kier molecular flexibility index (Phi) is 7.06. The smallest absolute Gasteiger partial charge is 0.225 e. The molecule has 1 unspecified atom stereocenters. The van der Waals surface area contributed by atoms with Crippen molar-refractivity contribution in [1.29, 1.82) is 0 Å². The SMILES string of the molecule is O=C(N[C@H](CN1CCCC1)[C@H](O)c1ccc2c(c1)OCCO2)C1CCN(c2ccnc(OC3CC3)c2)C1. The minimum Gasteiger partial charge on any atom is -0.486 e. The van der Waals surface area contributed by atoms with Gasteiger partial charge in [0.2, 0.25) is 11.8 Å². The van der Waals surface area contributed by atoms with Gasteiger partial charge in [0, 0.05) is 37.6 Å². The van der Waals surface area contributed by atoms with Crippen LogP contribution >= 0.6 is 0 Å². The molecule has 0 bridgehead atoms. The summed E-state index contributed by atoms with van der Waals surface area (Å²) in [4.78, 5) is 22.3. The first-order chi connectivity index (χ1) is 18.1. The van der Waals surface area contributed by atoms with E-state index in [0.717, 1.165) is 63.0 Å². The van der Waals surface area contributed by atoms with Crippen molar-refractivity contribution in [2.45, 2.75) is 50.4 Å². The number of rotatable bonds is 9. The average Bonchev–Trinajstić information content (AvgIpc) is 3.37. The number of fused-ring (bicyclic) bond motifs is 1. The topological polar surface area (TPSA) is 96.4 Å². The summed E-state index contributed by atoms with van der Waals surface area (Å²) in [5.41, 5.74) is 1.76. The number of hydrogen-bond acceptors (Lipinski definition) is 8. The Morgan fingerprint density at radius 3 is 2.70 bits per heavy atom. The molecule has 0 spiro atoms. The number of hydrogen-bond donors (Lipinski definition) is 2. The van der Waals surface area contributed by atoms with Gasteiger partial charge in [-0.15, -0.1) is 0 Å². The zero-order chi connectivity index (χ0) is 25.2. The molecule has 2 N–H and O–H groups in total. The fourth-order valence-corrected chi connectivity index (χ4v) is 5.47. The van der Waals surface area contributed by atoms with Crippen molar-refractivity contribution in [2.24, 2.45) is 5.92 Å². The van der Waals surface area contributed by atoms with E-state index < -0.39 is 12.1 Å². The highest BCUT2D eigenvalue weighted by Gasteiger charge is 2.33. The van der Waals surface area contributed by atoms with Crippen molar-refractivity contribution in [2.75, 3.05) is 50.8 Å². The van der Waals surface area contributed by atoms with Crippen LogP contribution in [0.3, 0.4) is 0 Å². The van der Waals surface area contributed by atoms with E-state index in [0.29, 0.717) is 49.8 Å². The lowest BCUT2D eigenvalue weighted by Gasteiger charge is -2.30. The zero-order valence-electron chi connectivity index (χ0n) is 21.2. The van der Waals surface area contributed by atoms with Gasteiger partial charge in [0.1, 0.15) is 25.4 Å². The van der Waals surface area contributed by atoms with Crippen molar-refractivity contribution in [1.82, 2.24) is 15.2 Å². The second kappa shape index (κ2) is 10.8. The summed E-state index contributed by atoms with van der Waals surface area (Å²) in [6.07, 6.45) is 6.48. The number of anilines is 1. The van der Waals surface area contributed by atoms with Crippen LogP contribution in [0.5, 0.6) is 17.4 Å². The van der Waals surface area contributed by atoms with Crippen molar-refractivity contribution in [3.63, 3.8) is 0 Å². The van der Waals surface area contributed by atoms with Crippen LogP contribution in [0.25, 0.3) is 0 Å². The molecule has 9 heteroatoms. The number of pyridine rings is 1. The number of nitrogens with zero attached hydrogens (tertiary/aromatic N) is 3. The lowest BCUT2D eigenvalue weighted by atomic mass is 9.99. The maximum absolute atomic E-state index is 13.4. The molecule has 2 aromatic rings. The Morgan fingerprint density at radius 1 is 1.08 bits per heavy atom. The van der Waals surface area contributed by atoms with E-state index in [4.69, 9.17) is 14.2 Å². The first-order valence-corrected chi connectivity index (χ1v) is 13.6. The van der Waals surface area contributed by atoms with Crippen LogP contribution in [-0.4, -0.2) is 79.0 Å². The molecule has 1 amide bonds. The van der Waals surface area contributed by atoms with Gasteiger partial charge < -0.3 is 34.4 Å². The maximum Gasteiger partial charge on any atom is 0.225 e. The molecular formula is C28H36N4O5. The number of amides is 1. The van der Waals surface area contributed by atoms with E-state index in [2.05, 4.69) is 20.1 Å². The molecular weight excluding hydrogens is 472 g/mol. The van der Waals surface area contributed by atoms with Crippen molar-refractivity contribution < 1.29 is 24.1 Å². The van der Waals surface area contributed by atoms with Crippen LogP contribution in [-0.2, 0) is 4.79 Å². The van der Waals surface area contributed by atoms with Gasteiger partial charge in [0.05, 0.1) is 12.0 Å². The molecule has 4 heterocycles. The van der Waals surface area contributed by atoms with Gasteiger partial charge in [-0.05, 0) is 69.0 Å². The quantitative estimate of drug-likeness (QED) is 0.534. The number of likely N-dealkylation sites (tertiary alicyclic amines) is 1. The van der Waals surface area contributed by atoms with E-state index in [9.17, 15) is 9.90 Å². The van der Waals surface area contributed by atoms with Gasteiger partial charge in [-0.25, -0.2) is 4.98 Å². The monoisotopic (exact) mass is 508 g/mol. The molecule has 37 heavy (non-hydrogen) atoms. The molecule has 3 atom stereocenters.